The molecule has 0 aromatic rings. The zero-order valence-corrected chi connectivity index (χ0v) is 3.58. The van der Waals surface area contributed by atoms with Crippen LogP contribution in [0, 0.1) is 0 Å². The van der Waals surface area contributed by atoms with Gasteiger partial charge >= 0.3 is 6.18 Å². The highest BCUT2D eigenvalue weighted by atomic mass is 19.4. The fourth-order valence-corrected chi connectivity index (χ4v) is 0. The first-order valence-electron chi connectivity index (χ1n) is 2.04. The van der Waals surface area contributed by atoms with Crippen molar-refractivity contribution >= 4 is 0 Å². The Morgan fingerprint density at radius 1 is 1.71 bits per heavy atom. The first-order valence-corrected chi connectivity index (χ1v) is 1.54. The highest BCUT2D eigenvalue weighted by molar-refractivity contribution is 4.55. The second-order valence-electron chi connectivity index (χ2n) is 1.08. The molecule has 0 aliphatic rings. The quantitative estimate of drug-likeness (QED) is 0.498. The van der Waals surface area contributed by atoms with Gasteiger partial charge in [-0.25, -0.2) is 0 Å². The lowest BCUT2D eigenvalue weighted by molar-refractivity contribution is -0.197. The van der Waals surface area contributed by atoms with Crippen molar-refractivity contribution in [1.82, 2.24) is 0 Å². The van der Waals surface area contributed by atoms with E-state index in [-0.39, 0.29) is 0 Å². The molecule has 0 amide bonds. The minimum Gasteiger partial charge on any atom is -0.384 e. The van der Waals surface area contributed by atoms with Crippen LogP contribution in [-0.4, -0.2) is 17.4 Å². The maximum absolute atomic E-state index is 11.1. The topological polar surface area (TPSA) is 20.2 Å². The predicted octanol–water partition coefficient (Wildman–Crippen LogP) is 0.929. The first-order chi connectivity index (χ1) is 3.25. The highest BCUT2D eigenvalue weighted by Gasteiger charge is 2.33. The second-order valence-corrected chi connectivity index (χ2v) is 1.08. The largest absolute Gasteiger partial charge is 0.414 e. The molecule has 0 bridgehead atoms. The molecule has 0 heterocycles. The third kappa shape index (κ3) is 2.45. The van der Waals surface area contributed by atoms with E-state index in [0.717, 1.165) is 0 Å². The molecule has 0 saturated carbocycles. The number of rotatable bonds is 0. The van der Waals surface area contributed by atoms with Gasteiger partial charge in [0.05, 0.1) is 1.37 Å². The molecule has 1 unspecified atom stereocenters. The van der Waals surface area contributed by atoms with Gasteiger partial charge in [-0.05, 0) is 6.92 Å². The van der Waals surface area contributed by atoms with Crippen molar-refractivity contribution in [3.05, 3.63) is 0 Å². The lowest BCUT2D eigenvalue weighted by atomic mass is 10.4. The Hall–Kier alpha value is -0.250. The maximum atomic E-state index is 11.1. The molecule has 0 rings (SSSR count). The van der Waals surface area contributed by atoms with Crippen molar-refractivity contribution in [1.29, 1.82) is 0 Å². The van der Waals surface area contributed by atoms with Crippen LogP contribution in [0.3, 0.4) is 0 Å². The highest BCUT2D eigenvalue weighted by Crippen LogP contribution is 2.18. The van der Waals surface area contributed by atoms with E-state index in [1.165, 1.54) is 0 Å². The van der Waals surface area contributed by atoms with Crippen molar-refractivity contribution in [3.8, 4) is 0 Å². The van der Waals surface area contributed by atoms with Crippen LogP contribution in [0.2, 0.25) is 0 Å². The maximum Gasteiger partial charge on any atom is 0.414 e. The molecule has 0 saturated heterocycles. The van der Waals surface area contributed by atoms with Crippen molar-refractivity contribution in [2.75, 3.05) is 0 Å². The van der Waals surface area contributed by atoms with Crippen molar-refractivity contribution < 1.29 is 19.6 Å². The SMILES string of the molecule is [2H]C(C)(O)C(F)(F)F. The van der Waals surface area contributed by atoms with E-state index >= 15 is 0 Å². The minimum absolute atomic E-state index is 0.368. The van der Waals surface area contributed by atoms with Gasteiger partial charge in [0.25, 0.3) is 0 Å². The summed E-state index contributed by atoms with van der Waals surface area (Å²) >= 11 is 0. The summed E-state index contributed by atoms with van der Waals surface area (Å²) in [5, 5.41) is 7.90. The van der Waals surface area contributed by atoms with E-state index < -0.39 is 12.3 Å². The average molecular weight is 115 g/mol. The van der Waals surface area contributed by atoms with Gasteiger partial charge < -0.3 is 5.11 Å². The van der Waals surface area contributed by atoms with E-state index in [2.05, 4.69) is 0 Å². The van der Waals surface area contributed by atoms with Gasteiger partial charge in [0.1, 0.15) is 6.08 Å². The summed E-state index contributed by atoms with van der Waals surface area (Å²) in [6.07, 6.45) is -8.15. The Bertz CT molecular complexity index is 69.5. The van der Waals surface area contributed by atoms with Crippen LogP contribution in [0.1, 0.15) is 8.29 Å². The average Bonchev–Trinajstić information content (AvgIpc) is 1.25. The number of aliphatic hydroxyl groups is 1. The van der Waals surface area contributed by atoms with E-state index in [1.807, 2.05) is 0 Å². The van der Waals surface area contributed by atoms with Crippen LogP contribution in [-0.2, 0) is 0 Å². The molecule has 0 aliphatic carbocycles. The van der Waals surface area contributed by atoms with Gasteiger partial charge in [-0.1, -0.05) is 0 Å². The Morgan fingerprint density at radius 2 is 1.86 bits per heavy atom. The van der Waals surface area contributed by atoms with Gasteiger partial charge in [-0.2, -0.15) is 13.2 Å². The molecule has 4 heteroatoms. The van der Waals surface area contributed by atoms with E-state index in [9.17, 15) is 13.2 Å². The summed E-state index contributed by atoms with van der Waals surface area (Å²) in [4.78, 5) is 0. The molecule has 0 aromatic carbocycles. The van der Waals surface area contributed by atoms with Gasteiger partial charge in [-0.3, -0.25) is 0 Å². The fourth-order valence-electron chi connectivity index (χ4n) is 0. The van der Waals surface area contributed by atoms with Gasteiger partial charge in [-0.15, -0.1) is 0 Å². The third-order valence-corrected chi connectivity index (χ3v) is 0.410. The Labute approximate surface area is 40.2 Å². The predicted molar refractivity (Wildman–Crippen MR) is 17.7 cm³/mol. The molecule has 1 atom stereocenters. The molecule has 0 aromatic heterocycles. The summed E-state index contributed by atoms with van der Waals surface area (Å²) in [6.45, 7) is 0.368. The molecular weight excluding hydrogens is 109 g/mol. The zero-order chi connectivity index (χ0) is 7.00. The van der Waals surface area contributed by atoms with E-state index in [4.69, 9.17) is 6.48 Å². The molecule has 0 aliphatic heterocycles. The second kappa shape index (κ2) is 1.69. The molecule has 0 spiro atoms. The molecule has 0 fully saturated rings. The van der Waals surface area contributed by atoms with Crippen LogP contribution in [0.15, 0.2) is 0 Å². The summed E-state index contributed by atoms with van der Waals surface area (Å²) in [7, 11) is 0. The van der Waals surface area contributed by atoms with Gasteiger partial charge in [0.15, 0.2) is 0 Å². The van der Waals surface area contributed by atoms with Crippen LogP contribution in [0.4, 0.5) is 13.2 Å². The lowest BCUT2D eigenvalue weighted by Gasteiger charge is -2.06. The number of hydrogen-bond acceptors (Lipinski definition) is 1. The summed E-state index contributed by atoms with van der Waals surface area (Å²) in [5.41, 5.74) is 0. The third-order valence-electron chi connectivity index (χ3n) is 0.410. The monoisotopic (exact) mass is 115 g/mol. The summed E-state index contributed by atoms with van der Waals surface area (Å²) in [6, 6.07) is 0. The zero-order valence-electron chi connectivity index (χ0n) is 4.58. The molecule has 1 N–H and O–H groups in total. The lowest BCUT2D eigenvalue weighted by Crippen LogP contribution is -2.24. The molecule has 1 nitrogen and oxygen atoms in total. The smallest absolute Gasteiger partial charge is 0.384 e. The van der Waals surface area contributed by atoms with Crippen LogP contribution in [0.5, 0.6) is 0 Å². The Balaban J connectivity index is 4.02. The first kappa shape index (κ1) is 4.90. The normalized spacial score (nSPS) is 23.3. The number of hydrogen-bond donors (Lipinski definition) is 1. The minimum atomic E-state index is -4.84. The van der Waals surface area contributed by atoms with Gasteiger partial charge in [0, 0.05) is 0 Å². The molecule has 44 valence electrons. The van der Waals surface area contributed by atoms with Crippen molar-refractivity contribution in [2.45, 2.75) is 19.2 Å². The van der Waals surface area contributed by atoms with Crippen LogP contribution >= 0.6 is 0 Å². The van der Waals surface area contributed by atoms with Crippen molar-refractivity contribution in [3.63, 3.8) is 0 Å². The standard InChI is InChI=1S/C3H5F3O/c1-2(7)3(4,5)6/h2,7H,1H3/i2D. The molecule has 7 heavy (non-hydrogen) atoms. The number of halogens is 3. The van der Waals surface area contributed by atoms with Crippen LogP contribution < -0.4 is 0 Å². The fraction of sp³-hybridized carbons (Fsp3) is 1.00. The molecular formula is C3H5F3O. The summed E-state index contributed by atoms with van der Waals surface area (Å²) < 4.78 is 39.4. The van der Waals surface area contributed by atoms with E-state index in [0.29, 0.717) is 6.92 Å². The van der Waals surface area contributed by atoms with Crippen LogP contribution in [0.25, 0.3) is 0 Å². The summed E-state index contributed by atoms with van der Waals surface area (Å²) in [5.74, 6) is 0. The Morgan fingerprint density at radius 3 is 1.86 bits per heavy atom. The number of alkyl halides is 3. The van der Waals surface area contributed by atoms with Gasteiger partial charge in [0.2, 0.25) is 0 Å². The van der Waals surface area contributed by atoms with E-state index in [1.54, 1.807) is 0 Å². The Kier molecular flexibility index (Phi) is 1.19. The van der Waals surface area contributed by atoms with Crippen molar-refractivity contribution in [2.24, 2.45) is 0 Å². The molecule has 0 radical (unpaired) electrons.